The van der Waals surface area contributed by atoms with Gasteiger partial charge in [-0.1, -0.05) is 49.9 Å². The van der Waals surface area contributed by atoms with E-state index in [1.54, 1.807) is 24.3 Å². The van der Waals surface area contributed by atoms with E-state index in [0.29, 0.717) is 63.7 Å². The number of nitrogens with zero attached hydrogens (tertiary/aromatic N) is 6. The van der Waals surface area contributed by atoms with Crippen molar-refractivity contribution in [2.45, 2.75) is 166 Å². The van der Waals surface area contributed by atoms with Gasteiger partial charge in [-0.2, -0.15) is 0 Å². The first-order valence-electron chi connectivity index (χ1n) is 28.8. The van der Waals surface area contributed by atoms with Crippen LogP contribution in [0.15, 0.2) is 48.5 Å². The van der Waals surface area contributed by atoms with Crippen molar-refractivity contribution in [1.82, 2.24) is 19.6 Å². The van der Waals surface area contributed by atoms with Gasteiger partial charge in [-0.15, -0.1) is 0 Å². The van der Waals surface area contributed by atoms with Crippen molar-refractivity contribution in [3.8, 4) is 0 Å². The molecule has 2 saturated carbocycles. The Morgan fingerprint density at radius 3 is 1.02 bits per heavy atom. The standard InChI is InChI=1S/C60H84F2N6O14/c1-37-51(69)65(9)47(35-59(3,4)61)57(75)81-50(34-42-17-21-44(22-18-42)68-25-29-78-30-26-68)54(72)64(8)46(32-40-13-14-40)56(74)80-38(2)52(70)66(10)48(36-60(5,6)62)58(76)82-49(53(71)63(7)45(55(73)79-37)31-39-11-12-39)33-41-15-19-43(20-16-41)67-23-27-77-28-24-67/h15-22,37-40,45-50H,11-14,23-36H2,1-10H3/t37-,38-,45+,46+,47+,48+,49-,50-/m1/s1. The fourth-order valence-corrected chi connectivity index (χ4v) is 10.6. The Balaban J connectivity index is 1.26. The summed E-state index contributed by atoms with van der Waals surface area (Å²) in [5.41, 5.74) is -1.31. The molecule has 0 radical (unpaired) electrons. The third kappa shape index (κ3) is 17.3. The largest absolute Gasteiger partial charge is 0.451 e. The molecule has 3 aliphatic heterocycles. The molecule has 3 heterocycles. The van der Waals surface area contributed by atoms with Crippen molar-refractivity contribution in [2.24, 2.45) is 11.8 Å². The molecule has 4 amide bonds. The van der Waals surface area contributed by atoms with Gasteiger partial charge in [-0.05, 0) is 102 Å². The highest BCUT2D eigenvalue weighted by Crippen LogP contribution is 2.37. The Bertz CT molecular complexity index is 2400. The lowest BCUT2D eigenvalue weighted by Gasteiger charge is -2.36. The lowest BCUT2D eigenvalue weighted by molar-refractivity contribution is -0.176. The van der Waals surface area contributed by atoms with E-state index in [1.807, 2.05) is 24.3 Å². The Morgan fingerprint density at radius 2 is 0.732 bits per heavy atom. The molecular weight excluding hydrogens is 1070 g/mol. The molecule has 0 spiro atoms. The molecule has 5 aliphatic rings. The molecular formula is C60H84F2N6O14. The summed E-state index contributed by atoms with van der Waals surface area (Å²) in [4.78, 5) is 126. The van der Waals surface area contributed by atoms with Gasteiger partial charge in [0.25, 0.3) is 23.6 Å². The van der Waals surface area contributed by atoms with Gasteiger partial charge in [0, 0.05) is 91.4 Å². The molecule has 0 bridgehead atoms. The van der Waals surface area contributed by atoms with Crippen LogP contribution in [0.1, 0.15) is 104 Å². The van der Waals surface area contributed by atoms with Crippen LogP contribution >= 0.6 is 0 Å². The third-order valence-corrected chi connectivity index (χ3v) is 16.0. The van der Waals surface area contributed by atoms with Crippen molar-refractivity contribution < 1.29 is 75.6 Å². The highest BCUT2D eigenvalue weighted by atomic mass is 19.1. The molecule has 0 aromatic heterocycles. The normalized spacial score (nSPS) is 27.2. The number of rotatable bonds is 14. The van der Waals surface area contributed by atoms with Crippen molar-refractivity contribution >= 4 is 58.9 Å². The molecule has 2 aliphatic carbocycles. The zero-order valence-electron chi connectivity index (χ0n) is 49.3. The summed E-state index contributed by atoms with van der Waals surface area (Å²) in [5, 5.41) is 0. The molecule has 452 valence electrons. The average Bonchev–Trinajstić information content (AvgIpc) is 4.54. The van der Waals surface area contributed by atoms with Crippen molar-refractivity contribution in [2.75, 3.05) is 90.6 Å². The first kappa shape index (κ1) is 63.2. The van der Waals surface area contributed by atoms with E-state index in [-0.39, 0.29) is 37.5 Å². The quantitative estimate of drug-likeness (QED) is 0.179. The maximum Gasteiger partial charge on any atom is 0.329 e. The number of alkyl halides is 2. The summed E-state index contributed by atoms with van der Waals surface area (Å²) in [6.07, 6.45) is -5.10. The Labute approximate surface area is 480 Å². The minimum absolute atomic E-state index is 0.0127. The Hall–Kier alpha value is -6.42. The molecule has 22 heteroatoms. The Morgan fingerprint density at radius 1 is 0.439 bits per heavy atom. The second kappa shape index (κ2) is 27.3. The highest BCUT2D eigenvalue weighted by Gasteiger charge is 2.46. The van der Waals surface area contributed by atoms with E-state index >= 15 is 18.4 Å². The van der Waals surface area contributed by atoms with Gasteiger partial charge < -0.3 is 57.8 Å². The van der Waals surface area contributed by atoms with Crippen LogP contribution in [-0.4, -0.2) is 208 Å². The molecule has 0 N–H and O–H groups in total. The molecule has 5 fully saturated rings. The van der Waals surface area contributed by atoms with Gasteiger partial charge in [0.1, 0.15) is 35.5 Å². The summed E-state index contributed by atoms with van der Waals surface area (Å²) in [6.45, 7) is 12.2. The first-order chi connectivity index (χ1) is 38.7. The van der Waals surface area contributed by atoms with Crippen LogP contribution in [0, 0.1) is 11.8 Å². The topological polar surface area (TPSA) is 211 Å². The van der Waals surface area contributed by atoms with Crippen LogP contribution in [0.25, 0.3) is 0 Å². The van der Waals surface area contributed by atoms with Crippen LogP contribution in [0.3, 0.4) is 0 Å². The predicted octanol–water partition coefficient (Wildman–Crippen LogP) is 5.03. The number of benzene rings is 2. The number of cyclic esters (lactones) is 4. The van der Waals surface area contributed by atoms with E-state index in [2.05, 4.69) is 9.80 Å². The molecule has 0 unspecified atom stereocenters. The molecule has 82 heavy (non-hydrogen) atoms. The number of hydrogen-bond acceptors (Lipinski definition) is 16. The van der Waals surface area contributed by atoms with E-state index in [0.717, 1.165) is 56.7 Å². The molecule has 2 aromatic rings. The van der Waals surface area contributed by atoms with Gasteiger partial charge in [0.2, 0.25) is 0 Å². The number of morpholine rings is 2. The zero-order chi connectivity index (χ0) is 59.8. The summed E-state index contributed by atoms with van der Waals surface area (Å²) < 4.78 is 66.7. The summed E-state index contributed by atoms with van der Waals surface area (Å²) in [5.74, 6) is -7.87. The number of amides is 4. The van der Waals surface area contributed by atoms with Gasteiger partial charge in [0.05, 0.1) is 26.4 Å². The number of anilines is 2. The van der Waals surface area contributed by atoms with Crippen LogP contribution in [0.4, 0.5) is 20.2 Å². The van der Waals surface area contributed by atoms with Gasteiger partial charge >= 0.3 is 23.9 Å². The van der Waals surface area contributed by atoms with Crippen LogP contribution in [-0.2, 0) is 79.6 Å². The number of likely N-dealkylation sites (N-methyl/N-ethyl adjacent to an activating group) is 4. The summed E-state index contributed by atoms with van der Waals surface area (Å²) in [6, 6.07) is 8.46. The maximum absolute atomic E-state index is 15.9. The van der Waals surface area contributed by atoms with Crippen LogP contribution in [0.2, 0.25) is 0 Å². The SMILES string of the molecule is C[C@H]1OC(=O)[C@H](CC2CC2)N(C)C(=O)[C@@H](Cc2ccc(N3CCOCC3)cc2)OC(=O)[C@H](CC(C)(C)F)N(C)C(=O)[C@@H](C)OC(=O)[C@H](CC2CC2)N(C)C(=O)[C@@H](Cc2ccc(N3CCOCC3)cc2)OC(=O)[C@H](CC(C)(C)F)N(C)C1=O. The number of ether oxygens (including phenoxy) is 6. The lowest BCUT2D eigenvalue weighted by atomic mass is 9.99. The third-order valence-electron chi connectivity index (χ3n) is 16.0. The monoisotopic (exact) mass is 1150 g/mol. The smallest absolute Gasteiger partial charge is 0.329 e. The second-order valence-electron chi connectivity index (χ2n) is 24.0. The Kier molecular flexibility index (Phi) is 21.0. The lowest BCUT2D eigenvalue weighted by Crippen LogP contribution is -2.55. The minimum Gasteiger partial charge on any atom is -0.451 e. The van der Waals surface area contributed by atoms with Crippen LogP contribution in [0.5, 0.6) is 0 Å². The highest BCUT2D eigenvalue weighted by molar-refractivity contribution is 5.94. The van der Waals surface area contributed by atoms with Crippen LogP contribution < -0.4 is 9.80 Å². The number of hydrogen-bond donors (Lipinski definition) is 0. The van der Waals surface area contributed by atoms with Crippen molar-refractivity contribution in [1.29, 1.82) is 0 Å². The summed E-state index contributed by atoms with van der Waals surface area (Å²) >= 11 is 0. The van der Waals surface area contributed by atoms with Gasteiger partial charge in [-0.25, -0.2) is 28.0 Å². The number of carbonyl (C=O) groups excluding carboxylic acids is 8. The second-order valence-corrected chi connectivity index (χ2v) is 24.0. The maximum atomic E-state index is 15.9. The molecule has 3 saturated heterocycles. The molecule has 2 aromatic carbocycles. The van der Waals surface area contributed by atoms with E-state index in [4.69, 9.17) is 28.4 Å². The number of carbonyl (C=O) groups is 8. The predicted molar refractivity (Wildman–Crippen MR) is 298 cm³/mol. The van der Waals surface area contributed by atoms with E-state index in [1.165, 1.54) is 69.7 Å². The molecule has 7 rings (SSSR count). The molecule has 8 atom stereocenters. The fraction of sp³-hybridized carbons (Fsp3) is 0.667. The van der Waals surface area contributed by atoms with Gasteiger partial charge in [-0.3, -0.25) is 19.2 Å². The minimum atomic E-state index is -2.10. The van der Waals surface area contributed by atoms with Gasteiger partial charge in [0.15, 0.2) is 24.4 Å². The van der Waals surface area contributed by atoms with E-state index < -0.39 is 120 Å². The summed E-state index contributed by atoms with van der Waals surface area (Å²) in [7, 11) is 5.14. The average molecular weight is 1150 g/mol. The van der Waals surface area contributed by atoms with Crippen molar-refractivity contribution in [3.63, 3.8) is 0 Å². The van der Waals surface area contributed by atoms with E-state index in [9.17, 15) is 28.8 Å². The zero-order valence-corrected chi connectivity index (χ0v) is 49.3. The number of esters is 4. The fourth-order valence-electron chi connectivity index (χ4n) is 10.6. The molecule has 20 nitrogen and oxygen atoms in total. The van der Waals surface area contributed by atoms with Crippen molar-refractivity contribution in [3.05, 3.63) is 59.7 Å². The number of halogens is 2. The first-order valence-corrected chi connectivity index (χ1v) is 28.8.